The van der Waals surface area contributed by atoms with Crippen molar-refractivity contribution in [2.24, 2.45) is 0 Å². The van der Waals surface area contributed by atoms with Crippen molar-refractivity contribution in [2.45, 2.75) is 37.9 Å². The Labute approximate surface area is 144 Å². The molecule has 24 heavy (non-hydrogen) atoms. The number of nitrogens with zero attached hydrogens (tertiary/aromatic N) is 3. The summed E-state index contributed by atoms with van der Waals surface area (Å²) in [4.78, 5) is 12.4. The second-order valence-electron chi connectivity index (χ2n) is 6.34. The molecule has 0 unspecified atom stereocenters. The smallest absolute Gasteiger partial charge is 0.288 e. The average Bonchev–Trinajstić information content (AvgIpc) is 3.20. The summed E-state index contributed by atoms with van der Waals surface area (Å²) in [6.45, 7) is 0.392. The van der Waals surface area contributed by atoms with Crippen LogP contribution in [0.25, 0.3) is 5.65 Å². The van der Waals surface area contributed by atoms with E-state index in [0.29, 0.717) is 12.3 Å². The molecule has 0 bridgehead atoms. The first-order valence-corrected chi connectivity index (χ1v) is 8.61. The molecule has 1 fully saturated rings. The predicted molar refractivity (Wildman–Crippen MR) is 94.2 cm³/mol. The van der Waals surface area contributed by atoms with Crippen LogP contribution in [-0.4, -0.2) is 14.2 Å². The average molecular weight is 343 g/mol. The van der Waals surface area contributed by atoms with E-state index in [1.165, 1.54) is 23.1 Å². The minimum Gasteiger partial charge on any atom is -0.288 e. The molecule has 6 heteroatoms. The molecule has 3 aromatic rings. The van der Waals surface area contributed by atoms with Gasteiger partial charge in [0.05, 0.1) is 6.67 Å². The molecular formula is C18H19ClN4O. The molecule has 0 spiro atoms. The Hall–Kier alpha value is -2.11. The molecule has 1 saturated carbocycles. The maximum atomic E-state index is 12.4. The van der Waals surface area contributed by atoms with Crippen molar-refractivity contribution in [3.05, 3.63) is 69.7 Å². The summed E-state index contributed by atoms with van der Waals surface area (Å²) in [5.41, 5.74) is 1.65. The van der Waals surface area contributed by atoms with Gasteiger partial charge in [-0.1, -0.05) is 42.6 Å². The van der Waals surface area contributed by atoms with E-state index < -0.39 is 0 Å². The Morgan fingerprint density at radius 3 is 2.58 bits per heavy atom. The van der Waals surface area contributed by atoms with Crippen molar-refractivity contribution in [1.29, 1.82) is 0 Å². The summed E-state index contributed by atoms with van der Waals surface area (Å²) in [5.74, 6) is 0. The van der Waals surface area contributed by atoms with Gasteiger partial charge >= 0.3 is 5.69 Å². The second kappa shape index (κ2) is 6.07. The number of rotatable bonds is 4. The van der Waals surface area contributed by atoms with Gasteiger partial charge in [0, 0.05) is 16.8 Å². The molecule has 1 N–H and O–H groups in total. The van der Waals surface area contributed by atoms with Crippen LogP contribution in [0.2, 0.25) is 5.02 Å². The summed E-state index contributed by atoms with van der Waals surface area (Å²) in [5, 5.41) is 8.73. The third-order valence-corrected chi connectivity index (χ3v) is 5.16. The summed E-state index contributed by atoms with van der Waals surface area (Å²) in [6, 6.07) is 13.6. The molecule has 0 atom stereocenters. The van der Waals surface area contributed by atoms with Crippen molar-refractivity contribution in [3.8, 4) is 0 Å². The zero-order valence-electron chi connectivity index (χ0n) is 13.3. The molecule has 0 radical (unpaired) electrons. The van der Waals surface area contributed by atoms with Crippen LogP contribution in [0.5, 0.6) is 0 Å². The van der Waals surface area contributed by atoms with Crippen molar-refractivity contribution in [1.82, 2.24) is 19.5 Å². The van der Waals surface area contributed by atoms with E-state index >= 15 is 0 Å². The molecule has 1 aliphatic rings. The lowest BCUT2D eigenvalue weighted by molar-refractivity contribution is 0.296. The highest BCUT2D eigenvalue weighted by Gasteiger charge is 2.35. The van der Waals surface area contributed by atoms with Gasteiger partial charge in [0.1, 0.15) is 0 Å². The van der Waals surface area contributed by atoms with Crippen molar-refractivity contribution < 1.29 is 0 Å². The number of fused-ring (bicyclic) bond motifs is 1. The van der Waals surface area contributed by atoms with Gasteiger partial charge in [-0.15, -0.1) is 5.10 Å². The fraction of sp³-hybridized carbons (Fsp3) is 0.333. The summed E-state index contributed by atoms with van der Waals surface area (Å²) >= 11 is 6.02. The van der Waals surface area contributed by atoms with Gasteiger partial charge in [-0.3, -0.25) is 9.72 Å². The van der Waals surface area contributed by atoms with E-state index in [0.717, 1.165) is 17.9 Å². The van der Waals surface area contributed by atoms with Crippen molar-refractivity contribution in [3.63, 3.8) is 0 Å². The normalized spacial score (nSPS) is 16.7. The molecule has 124 valence electrons. The van der Waals surface area contributed by atoms with Crippen LogP contribution < -0.4 is 11.0 Å². The first kappa shape index (κ1) is 15.4. The Kier molecular flexibility index (Phi) is 3.90. The van der Waals surface area contributed by atoms with E-state index in [-0.39, 0.29) is 11.2 Å². The Morgan fingerprint density at radius 1 is 1.12 bits per heavy atom. The summed E-state index contributed by atoms with van der Waals surface area (Å²) in [7, 11) is 0. The van der Waals surface area contributed by atoms with Gasteiger partial charge in [0.2, 0.25) is 0 Å². The lowest BCUT2D eigenvalue weighted by atomic mass is 9.88. The highest BCUT2D eigenvalue weighted by molar-refractivity contribution is 6.30. The number of aromatic nitrogens is 3. The third kappa shape index (κ3) is 2.64. The predicted octanol–water partition coefficient (Wildman–Crippen LogP) is 3.17. The monoisotopic (exact) mass is 342 g/mol. The fourth-order valence-electron chi connectivity index (χ4n) is 3.61. The van der Waals surface area contributed by atoms with E-state index in [4.69, 9.17) is 11.6 Å². The SMILES string of the molecule is O=c1n(CNC2(c3ccc(Cl)cc3)CCCC2)nc2ccccn12. The molecule has 2 aromatic heterocycles. The Bertz CT molecular complexity index is 907. The number of hydrogen-bond donors (Lipinski definition) is 1. The lowest BCUT2D eigenvalue weighted by Gasteiger charge is -2.31. The van der Waals surface area contributed by atoms with Crippen LogP contribution >= 0.6 is 11.6 Å². The molecule has 0 aliphatic heterocycles. The summed E-state index contributed by atoms with van der Waals surface area (Å²) < 4.78 is 3.05. The third-order valence-electron chi connectivity index (χ3n) is 4.91. The molecule has 2 heterocycles. The number of nitrogens with one attached hydrogen (secondary N) is 1. The van der Waals surface area contributed by atoms with Gasteiger partial charge < -0.3 is 0 Å². The van der Waals surface area contributed by atoms with Crippen LogP contribution in [0, 0.1) is 0 Å². The Morgan fingerprint density at radius 2 is 1.88 bits per heavy atom. The van der Waals surface area contributed by atoms with Crippen LogP contribution in [-0.2, 0) is 12.2 Å². The largest absolute Gasteiger partial charge is 0.351 e. The number of halogens is 1. The molecule has 1 aliphatic carbocycles. The van der Waals surface area contributed by atoms with E-state index in [2.05, 4.69) is 22.5 Å². The van der Waals surface area contributed by atoms with Gasteiger partial charge in [0.15, 0.2) is 5.65 Å². The van der Waals surface area contributed by atoms with Crippen LogP contribution in [0.4, 0.5) is 0 Å². The Balaban J connectivity index is 1.63. The first-order valence-electron chi connectivity index (χ1n) is 8.23. The highest BCUT2D eigenvalue weighted by atomic mass is 35.5. The van der Waals surface area contributed by atoms with E-state index in [9.17, 15) is 4.79 Å². The molecule has 0 saturated heterocycles. The maximum absolute atomic E-state index is 12.4. The number of benzene rings is 1. The minimum atomic E-state index is -0.123. The molecule has 0 amide bonds. The van der Waals surface area contributed by atoms with Gasteiger partial charge in [0.25, 0.3) is 0 Å². The second-order valence-corrected chi connectivity index (χ2v) is 6.78. The lowest BCUT2D eigenvalue weighted by Crippen LogP contribution is -2.43. The van der Waals surface area contributed by atoms with Crippen LogP contribution in [0.1, 0.15) is 31.2 Å². The highest BCUT2D eigenvalue weighted by Crippen LogP contribution is 2.39. The van der Waals surface area contributed by atoms with Crippen LogP contribution in [0.15, 0.2) is 53.5 Å². The van der Waals surface area contributed by atoms with Crippen molar-refractivity contribution in [2.75, 3.05) is 0 Å². The minimum absolute atomic E-state index is 0.111. The van der Waals surface area contributed by atoms with E-state index in [1.54, 1.807) is 10.6 Å². The van der Waals surface area contributed by atoms with Gasteiger partial charge in [-0.05, 0) is 42.7 Å². The standard InChI is InChI=1S/C18H19ClN4O/c19-15-8-6-14(7-9-15)18(10-2-3-11-18)20-13-23-17(24)22-12-4-1-5-16(22)21-23/h1,4-9,12,20H,2-3,10-11,13H2. The van der Waals surface area contributed by atoms with E-state index in [1.807, 2.05) is 30.3 Å². The molecule has 5 nitrogen and oxygen atoms in total. The topological polar surface area (TPSA) is 51.3 Å². The zero-order valence-corrected chi connectivity index (χ0v) is 14.0. The zero-order chi connectivity index (χ0) is 16.6. The summed E-state index contributed by atoms with van der Waals surface area (Å²) in [6.07, 6.45) is 6.20. The fourth-order valence-corrected chi connectivity index (χ4v) is 3.74. The van der Waals surface area contributed by atoms with Gasteiger partial charge in [-0.2, -0.15) is 4.68 Å². The van der Waals surface area contributed by atoms with Crippen LogP contribution in [0.3, 0.4) is 0 Å². The molecule has 1 aromatic carbocycles. The molecular weight excluding hydrogens is 324 g/mol. The number of pyridine rings is 1. The maximum Gasteiger partial charge on any atom is 0.351 e. The quantitative estimate of drug-likeness (QED) is 0.792. The molecule has 4 rings (SSSR count). The van der Waals surface area contributed by atoms with Crippen molar-refractivity contribution >= 4 is 17.2 Å². The number of hydrogen-bond acceptors (Lipinski definition) is 3. The van der Waals surface area contributed by atoms with Gasteiger partial charge in [-0.25, -0.2) is 4.79 Å². The first-order chi connectivity index (χ1) is 11.7.